The van der Waals surface area contributed by atoms with Crippen molar-refractivity contribution in [3.05, 3.63) is 23.3 Å². The lowest BCUT2D eigenvalue weighted by molar-refractivity contribution is -0.132. The number of hydrogen-bond donors (Lipinski definition) is 1. The van der Waals surface area contributed by atoms with Crippen molar-refractivity contribution in [3.63, 3.8) is 0 Å². The SMILES string of the molecule is COc1cc2c(cc1OC)C13CC(C)C(CO)C1CC(=O)N3CC2. The molecule has 4 atom stereocenters. The van der Waals surface area contributed by atoms with E-state index in [0.717, 1.165) is 25.1 Å². The van der Waals surface area contributed by atoms with Gasteiger partial charge in [-0.05, 0) is 47.9 Å². The number of aliphatic hydroxyl groups excluding tert-OH is 1. The Morgan fingerprint density at radius 3 is 2.67 bits per heavy atom. The van der Waals surface area contributed by atoms with Crippen molar-refractivity contribution in [1.29, 1.82) is 0 Å². The minimum Gasteiger partial charge on any atom is -0.493 e. The number of methoxy groups -OCH3 is 2. The summed E-state index contributed by atoms with van der Waals surface area (Å²) in [7, 11) is 3.30. The number of benzene rings is 1. The van der Waals surface area contributed by atoms with Gasteiger partial charge in [-0.25, -0.2) is 0 Å². The molecule has 4 unspecified atom stereocenters. The first kappa shape index (κ1) is 15.8. The summed E-state index contributed by atoms with van der Waals surface area (Å²) in [6.45, 7) is 3.10. The molecule has 2 fully saturated rings. The highest BCUT2D eigenvalue weighted by Gasteiger charge is 2.63. The average molecular weight is 331 g/mol. The molecule has 0 aromatic heterocycles. The van der Waals surface area contributed by atoms with Crippen LogP contribution in [0, 0.1) is 17.8 Å². The van der Waals surface area contributed by atoms with Crippen LogP contribution in [0.5, 0.6) is 11.5 Å². The normalized spacial score (nSPS) is 33.9. The maximum absolute atomic E-state index is 12.7. The molecule has 1 aliphatic carbocycles. The summed E-state index contributed by atoms with van der Waals surface area (Å²) < 4.78 is 11.0. The van der Waals surface area contributed by atoms with E-state index < -0.39 is 0 Å². The molecule has 1 N–H and O–H groups in total. The molecule has 0 bridgehead atoms. The molecule has 1 amide bonds. The van der Waals surface area contributed by atoms with Crippen LogP contribution in [-0.2, 0) is 16.8 Å². The van der Waals surface area contributed by atoms with Crippen LogP contribution in [0.25, 0.3) is 0 Å². The molecule has 1 saturated heterocycles. The minimum absolute atomic E-state index is 0.150. The number of hydrogen-bond acceptors (Lipinski definition) is 4. The zero-order valence-electron chi connectivity index (χ0n) is 14.5. The van der Waals surface area contributed by atoms with Gasteiger partial charge in [-0.1, -0.05) is 6.92 Å². The maximum Gasteiger partial charge on any atom is 0.223 e. The molecule has 24 heavy (non-hydrogen) atoms. The van der Waals surface area contributed by atoms with Crippen LogP contribution >= 0.6 is 0 Å². The second-order valence-corrected chi connectivity index (χ2v) is 7.42. The van der Waals surface area contributed by atoms with Gasteiger partial charge in [0.05, 0.1) is 19.8 Å². The zero-order valence-corrected chi connectivity index (χ0v) is 14.5. The van der Waals surface area contributed by atoms with Crippen LogP contribution in [-0.4, -0.2) is 43.3 Å². The van der Waals surface area contributed by atoms with Crippen LogP contribution in [0.3, 0.4) is 0 Å². The van der Waals surface area contributed by atoms with Gasteiger partial charge in [-0.3, -0.25) is 4.79 Å². The van der Waals surface area contributed by atoms with Gasteiger partial charge >= 0.3 is 0 Å². The van der Waals surface area contributed by atoms with Gasteiger partial charge in [-0.2, -0.15) is 0 Å². The summed E-state index contributed by atoms with van der Waals surface area (Å²) in [5.41, 5.74) is 2.16. The zero-order chi connectivity index (χ0) is 17.1. The van der Waals surface area contributed by atoms with Crippen LogP contribution in [0.15, 0.2) is 12.1 Å². The molecule has 1 aromatic carbocycles. The summed E-state index contributed by atoms with van der Waals surface area (Å²) in [5.74, 6) is 2.44. The van der Waals surface area contributed by atoms with Crippen molar-refractivity contribution in [2.75, 3.05) is 27.4 Å². The maximum atomic E-state index is 12.7. The number of amides is 1. The Bertz CT molecular complexity index is 688. The van der Waals surface area contributed by atoms with Gasteiger partial charge in [0.2, 0.25) is 5.91 Å². The Morgan fingerprint density at radius 2 is 2.00 bits per heavy atom. The van der Waals surface area contributed by atoms with Gasteiger partial charge in [0.1, 0.15) is 0 Å². The van der Waals surface area contributed by atoms with Gasteiger partial charge in [-0.15, -0.1) is 0 Å². The predicted molar refractivity (Wildman–Crippen MR) is 89.1 cm³/mol. The predicted octanol–water partition coefficient (Wildman–Crippen LogP) is 1.95. The number of nitrogens with zero attached hydrogens (tertiary/aromatic N) is 1. The third kappa shape index (κ3) is 1.82. The number of aliphatic hydroxyl groups is 1. The second-order valence-electron chi connectivity index (χ2n) is 7.42. The third-order valence-electron chi connectivity index (χ3n) is 6.56. The summed E-state index contributed by atoms with van der Waals surface area (Å²) >= 11 is 0. The number of carbonyl (C=O) groups excluding carboxylic acids is 1. The van der Waals surface area contributed by atoms with Gasteiger partial charge in [0.15, 0.2) is 11.5 Å². The number of carbonyl (C=O) groups is 1. The van der Waals surface area contributed by atoms with E-state index in [0.29, 0.717) is 18.1 Å². The molecular weight excluding hydrogens is 306 g/mol. The molecule has 2 aliphatic heterocycles. The summed E-state index contributed by atoms with van der Waals surface area (Å²) in [6, 6.07) is 4.13. The van der Waals surface area contributed by atoms with E-state index in [4.69, 9.17) is 9.47 Å². The van der Waals surface area contributed by atoms with Gasteiger partial charge in [0, 0.05) is 25.5 Å². The van der Waals surface area contributed by atoms with Gasteiger partial charge < -0.3 is 19.5 Å². The second kappa shape index (κ2) is 5.38. The summed E-state index contributed by atoms with van der Waals surface area (Å²) in [4.78, 5) is 14.7. The Morgan fingerprint density at radius 1 is 1.29 bits per heavy atom. The van der Waals surface area contributed by atoms with Crippen LogP contribution < -0.4 is 9.47 Å². The fraction of sp³-hybridized carbons (Fsp3) is 0.632. The van der Waals surface area contributed by atoms with Gasteiger partial charge in [0.25, 0.3) is 0 Å². The van der Waals surface area contributed by atoms with E-state index in [1.54, 1.807) is 14.2 Å². The Balaban J connectivity index is 1.92. The summed E-state index contributed by atoms with van der Waals surface area (Å²) in [6.07, 6.45) is 2.30. The average Bonchev–Trinajstić information content (AvgIpc) is 3.01. The molecule has 2 heterocycles. The molecule has 5 heteroatoms. The highest BCUT2D eigenvalue weighted by atomic mass is 16.5. The van der Waals surface area contributed by atoms with Crippen LogP contribution in [0.1, 0.15) is 30.9 Å². The molecule has 130 valence electrons. The van der Waals surface area contributed by atoms with Crippen molar-refractivity contribution in [1.82, 2.24) is 4.90 Å². The van der Waals surface area contributed by atoms with E-state index in [-0.39, 0.29) is 29.9 Å². The Labute approximate surface area is 142 Å². The van der Waals surface area contributed by atoms with Crippen molar-refractivity contribution in [3.8, 4) is 11.5 Å². The lowest BCUT2D eigenvalue weighted by Gasteiger charge is -2.45. The minimum atomic E-state index is -0.281. The molecule has 1 spiro atoms. The Hall–Kier alpha value is -1.75. The van der Waals surface area contributed by atoms with Crippen molar-refractivity contribution < 1.29 is 19.4 Å². The highest BCUT2D eigenvalue weighted by Crippen LogP contribution is 2.61. The first-order chi connectivity index (χ1) is 11.6. The number of ether oxygens (including phenoxy) is 2. The van der Waals surface area contributed by atoms with Crippen LogP contribution in [0.4, 0.5) is 0 Å². The number of fused-ring (bicyclic) bond motifs is 1. The van der Waals surface area contributed by atoms with E-state index in [1.807, 2.05) is 0 Å². The molecular formula is C19H25NO4. The topological polar surface area (TPSA) is 59.0 Å². The lowest BCUT2D eigenvalue weighted by atomic mass is 9.74. The highest BCUT2D eigenvalue weighted by molar-refractivity contribution is 5.82. The molecule has 1 saturated carbocycles. The quantitative estimate of drug-likeness (QED) is 0.920. The van der Waals surface area contributed by atoms with Crippen molar-refractivity contribution in [2.45, 2.75) is 31.7 Å². The van der Waals surface area contributed by atoms with E-state index in [2.05, 4.69) is 24.0 Å². The lowest BCUT2D eigenvalue weighted by Crippen LogP contribution is -2.49. The summed E-state index contributed by atoms with van der Waals surface area (Å²) in [5, 5.41) is 9.91. The van der Waals surface area contributed by atoms with Crippen LogP contribution in [0.2, 0.25) is 0 Å². The standard InChI is InChI=1S/C19H25NO4/c1-11-9-19-14-7-17(24-3)16(23-2)6-12(14)4-5-20(19)18(22)8-15(19)13(11)10-21/h6-7,11,13,15,21H,4-5,8-10H2,1-3H3. The number of rotatable bonds is 3. The van der Waals surface area contributed by atoms with Crippen molar-refractivity contribution >= 4 is 5.91 Å². The molecule has 4 rings (SSSR count). The molecule has 1 aromatic rings. The Kier molecular flexibility index (Phi) is 3.53. The fourth-order valence-electron chi connectivity index (χ4n) is 5.55. The first-order valence-electron chi connectivity index (χ1n) is 8.73. The van der Waals surface area contributed by atoms with E-state index >= 15 is 0 Å². The monoisotopic (exact) mass is 331 g/mol. The third-order valence-corrected chi connectivity index (χ3v) is 6.56. The smallest absolute Gasteiger partial charge is 0.223 e. The van der Waals surface area contributed by atoms with E-state index in [9.17, 15) is 9.90 Å². The molecule has 0 radical (unpaired) electrons. The van der Waals surface area contributed by atoms with Crippen molar-refractivity contribution in [2.24, 2.45) is 17.8 Å². The largest absolute Gasteiger partial charge is 0.493 e. The van der Waals surface area contributed by atoms with E-state index in [1.165, 1.54) is 11.1 Å². The molecule has 5 nitrogen and oxygen atoms in total. The molecule has 3 aliphatic rings. The first-order valence-corrected chi connectivity index (χ1v) is 8.73. The fourth-order valence-corrected chi connectivity index (χ4v) is 5.55.